The van der Waals surface area contributed by atoms with E-state index in [1.165, 1.54) is 0 Å². The molecule has 1 heterocycles. The first-order valence-corrected chi connectivity index (χ1v) is 4.31. The van der Waals surface area contributed by atoms with E-state index in [0.29, 0.717) is 12.5 Å². The van der Waals surface area contributed by atoms with Crippen LogP contribution in [0.3, 0.4) is 0 Å². The van der Waals surface area contributed by atoms with Gasteiger partial charge in [0.1, 0.15) is 6.42 Å². The number of imide groups is 2. The molecule has 0 aromatic carbocycles. The fourth-order valence-corrected chi connectivity index (χ4v) is 1.32. The zero-order valence-electron chi connectivity index (χ0n) is 7.08. The van der Waals surface area contributed by atoms with Crippen LogP contribution in [0.15, 0.2) is 0 Å². The second-order valence-corrected chi connectivity index (χ2v) is 3.48. The molecule has 1 saturated heterocycles. The van der Waals surface area contributed by atoms with Gasteiger partial charge in [0.25, 0.3) is 0 Å². The maximum atomic E-state index is 11.2. The molecule has 1 aliphatic carbocycles. The molecule has 1 saturated carbocycles. The average Bonchev–Trinajstić information content (AvgIpc) is 2.79. The second-order valence-electron chi connectivity index (χ2n) is 3.48. The number of urea groups is 1. The van der Waals surface area contributed by atoms with Crippen LogP contribution in [0, 0.1) is 5.92 Å². The fourth-order valence-electron chi connectivity index (χ4n) is 1.32. The molecule has 1 aliphatic heterocycles. The topological polar surface area (TPSA) is 66.5 Å². The normalized spacial score (nSPS) is 23.4. The Morgan fingerprint density at radius 3 is 2.54 bits per heavy atom. The molecule has 2 aliphatic rings. The van der Waals surface area contributed by atoms with Crippen molar-refractivity contribution in [2.24, 2.45) is 5.92 Å². The summed E-state index contributed by atoms with van der Waals surface area (Å²) in [6.07, 6.45) is 1.95. The molecule has 0 spiro atoms. The highest BCUT2D eigenvalue weighted by atomic mass is 16.2. The molecular formula is C8H10N2O3. The van der Waals surface area contributed by atoms with Crippen LogP contribution in [0.25, 0.3) is 0 Å². The van der Waals surface area contributed by atoms with E-state index in [9.17, 15) is 14.4 Å². The van der Waals surface area contributed by atoms with E-state index >= 15 is 0 Å². The first kappa shape index (κ1) is 8.22. The predicted molar refractivity (Wildman–Crippen MR) is 42.6 cm³/mol. The van der Waals surface area contributed by atoms with Crippen LogP contribution >= 0.6 is 0 Å². The van der Waals surface area contributed by atoms with Crippen molar-refractivity contribution in [2.45, 2.75) is 19.3 Å². The van der Waals surface area contributed by atoms with Gasteiger partial charge >= 0.3 is 6.03 Å². The molecule has 0 bridgehead atoms. The summed E-state index contributed by atoms with van der Waals surface area (Å²) in [5.41, 5.74) is 0. The molecule has 2 rings (SSSR count). The SMILES string of the molecule is O=C1CC(=O)N(CC2CC2)C(=O)N1. The van der Waals surface area contributed by atoms with Gasteiger partial charge in [0.15, 0.2) is 0 Å². The van der Waals surface area contributed by atoms with E-state index in [1.807, 2.05) is 0 Å². The summed E-state index contributed by atoms with van der Waals surface area (Å²) in [6.45, 7) is 0.470. The van der Waals surface area contributed by atoms with Crippen molar-refractivity contribution in [3.8, 4) is 0 Å². The van der Waals surface area contributed by atoms with E-state index in [4.69, 9.17) is 0 Å². The largest absolute Gasteiger partial charge is 0.330 e. The number of nitrogens with zero attached hydrogens (tertiary/aromatic N) is 1. The number of amides is 4. The highest BCUT2D eigenvalue weighted by Gasteiger charge is 2.35. The third-order valence-electron chi connectivity index (χ3n) is 2.24. The van der Waals surface area contributed by atoms with Crippen molar-refractivity contribution < 1.29 is 14.4 Å². The number of nitrogens with one attached hydrogen (secondary N) is 1. The van der Waals surface area contributed by atoms with Gasteiger partial charge in [-0.3, -0.25) is 19.8 Å². The van der Waals surface area contributed by atoms with Gasteiger partial charge in [0, 0.05) is 6.54 Å². The van der Waals surface area contributed by atoms with Crippen molar-refractivity contribution in [3.63, 3.8) is 0 Å². The lowest BCUT2D eigenvalue weighted by molar-refractivity contribution is -0.136. The van der Waals surface area contributed by atoms with Crippen LogP contribution in [0.2, 0.25) is 0 Å². The van der Waals surface area contributed by atoms with E-state index in [0.717, 1.165) is 17.7 Å². The van der Waals surface area contributed by atoms with Crippen LogP contribution < -0.4 is 5.32 Å². The maximum absolute atomic E-state index is 11.2. The minimum atomic E-state index is -0.562. The summed E-state index contributed by atoms with van der Waals surface area (Å²) in [6, 6.07) is -0.562. The van der Waals surface area contributed by atoms with Gasteiger partial charge in [-0.25, -0.2) is 4.79 Å². The first-order chi connectivity index (χ1) is 6.16. The van der Waals surface area contributed by atoms with Crippen molar-refractivity contribution in [1.82, 2.24) is 10.2 Å². The molecular weight excluding hydrogens is 172 g/mol. The van der Waals surface area contributed by atoms with Crippen LogP contribution in [-0.4, -0.2) is 29.3 Å². The Morgan fingerprint density at radius 1 is 1.31 bits per heavy atom. The summed E-state index contributed by atoms with van der Waals surface area (Å²) in [5.74, 6) is -0.411. The Balaban J connectivity index is 2.02. The summed E-state index contributed by atoms with van der Waals surface area (Å²) in [4.78, 5) is 34.3. The van der Waals surface area contributed by atoms with Gasteiger partial charge < -0.3 is 0 Å². The molecule has 70 valence electrons. The van der Waals surface area contributed by atoms with E-state index in [-0.39, 0.29) is 12.3 Å². The number of hydrogen-bond acceptors (Lipinski definition) is 3. The van der Waals surface area contributed by atoms with Crippen LogP contribution in [0.1, 0.15) is 19.3 Å². The number of rotatable bonds is 2. The number of hydrogen-bond donors (Lipinski definition) is 1. The van der Waals surface area contributed by atoms with Gasteiger partial charge in [-0.2, -0.15) is 0 Å². The predicted octanol–water partition coefficient (Wildman–Crippen LogP) is -0.135. The molecule has 5 nitrogen and oxygen atoms in total. The lowest BCUT2D eigenvalue weighted by Crippen LogP contribution is -2.53. The molecule has 0 atom stereocenters. The number of carbonyl (C=O) groups is 3. The molecule has 0 aromatic rings. The average molecular weight is 182 g/mol. The Bertz CT molecular complexity index is 263. The van der Waals surface area contributed by atoms with Gasteiger partial charge in [-0.15, -0.1) is 0 Å². The molecule has 2 fully saturated rings. The lowest BCUT2D eigenvalue weighted by atomic mass is 10.2. The van der Waals surface area contributed by atoms with Gasteiger partial charge in [-0.1, -0.05) is 0 Å². The second kappa shape index (κ2) is 2.83. The summed E-state index contributed by atoms with van der Waals surface area (Å²) in [7, 11) is 0. The van der Waals surface area contributed by atoms with Crippen molar-refractivity contribution in [1.29, 1.82) is 0 Å². The van der Waals surface area contributed by atoms with Crippen LogP contribution in [0.4, 0.5) is 4.79 Å². The minimum Gasteiger partial charge on any atom is -0.277 e. The fraction of sp³-hybridized carbons (Fsp3) is 0.625. The standard InChI is InChI=1S/C8H10N2O3/c11-6-3-7(12)10(8(13)9-6)4-5-1-2-5/h5H,1-4H2,(H,9,11,13). The summed E-state index contributed by atoms with van der Waals surface area (Å²) < 4.78 is 0. The first-order valence-electron chi connectivity index (χ1n) is 4.31. The maximum Gasteiger partial charge on any atom is 0.330 e. The van der Waals surface area contributed by atoms with Gasteiger partial charge in [0.05, 0.1) is 0 Å². The van der Waals surface area contributed by atoms with E-state index < -0.39 is 11.9 Å². The third kappa shape index (κ3) is 1.68. The Hall–Kier alpha value is -1.39. The van der Waals surface area contributed by atoms with Crippen LogP contribution in [0.5, 0.6) is 0 Å². The van der Waals surface area contributed by atoms with Gasteiger partial charge in [-0.05, 0) is 18.8 Å². The smallest absolute Gasteiger partial charge is 0.277 e. The monoisotopic (exact) mass is 182 g/mol. The third-order valence-corrected chi connectivity index (χ3v) is 2.24. The molecule has 1 N–H and O–H groups in total. The summed E-state index contributed by atoms with van der Waals surface area (Å²) in [5, 5.41) is 2.12. The van der Waals surface area contributed by atoms with Crippen molar-refractivity contribution >= 4 is 17.8 Å². The number of barbiturate groups is 1. The van der Waals surface area contributed by atoms with Crippen molar-refractivity contribution in [2.75, 3.05) is 6.54 Å². The Morgan fingerprint density at radius 2 is 2.00 bits per heavy atom. The highest BCUT2D eigenvalue weighted by molar-refractivity contribution is 6.14. The molecule has 13 heavy (non-hydrogen) atoms. The van der Waals surface area contributed by atoms with E-state index in [2.05, 4.69) is 5.32 Å². The molecule has 0 radical (unpaired) electrons. The minimum absolute atomic E-state index is 0.196. The molecule has 0 aromatic heterocycles. The zero-order chi connectivity index (χ0) is 9.42. The highest BCUT2D eigenvalue weighted by Crippen LogP contribution is 2.30. The van der Waals surface area contributed by atoms with E-state index in [1.54, 1.807) is 0 Å². The lowest BCUT2D eigenvalue weighted by Gasteiger charge is -2.24. The Kier molecular flexibility index (Phi) is 1.79. The molecule has 0 unspecified atom stereocenters. The van der Waals surface area contributed by atoms with Crippen LogP contribution in [-0.2, 0) is 9.59 Å². The molecule has 4 amide bonds. The molecule has 5 heteroatoms. The zero-order valence-corrected chi connectivity index (χ0v) is 7.08. The quantitative estimate of drug-likeness (QED) is 0.604. The Labute approximate surface area is 75.1 Å². The summed E-state index contributed by atoms with van der Waals surface area (Å²) >= 11 is 0. The number of carbonyl (C=O) groups excluding carboxylic acids is 3. The van der Waals surface area contributed by atoms with Crippen molar-refractivity contribution in [3.05, 3.63) is 0 Å². The van der Waals surface area contributed by atoms with Gasteiger partial charge in [0.2, 0.25) is 11.8 Å².